The van der Waals surface area contributed by atoms with Gasteiger partial charge in [0.2, 0.25) is 5.71 Å². The number of rotatable bonds is 4. The summed E-state index contributed by atoms with van der Waals surface area (Å²) in [5, 5.41) is 20.5. The summed E-state index contributed by atoms with van der Waals surface area (Å²) in [6, 6.07) is 6.69. The quantitative estimate of drug-likeness (QED) is 0.683. The highest BCUT2D eigenvalue weighted by molar-refractivity contribution is 7.97. The minimum Gasteiger partial charge on any atom is -0.276 e. The molecule has 1 rings (SSSR count). The molecule has 104 valence electrons. The maximum Gasteiger partial charge on any atom is 0.418 e. The lowest BCUT2D eigenvalue weighted by molar-refractivity contribution is -0.137. The van der Waals surface area contributed by atoms with Crippen LogP contribution in [0.5, 0.6) is 0 Å². The van der Waals surface area contributed by atoms with Crippen molar-refractivity contribution in [1.82, 2.24) is 0 Å². The third-order valence-electron chi connectivity index (χ3n) is 2.25. The first-order valence-corrected chi connectivity index (χ1v) is 6.65. The number of hydrogen-bond acceptors (Lipinski definition) is 5. The molecule has 0 saturated heterocycles. The van der Waals surface area contributed by atoms with Crippen LogP contribution in [0.15, 0.2) is 23.3 Å². The number of anilines is 1. The Kier molecular flexibility index (Phi) is 5.42. The molecular formula is C12H9F3N4S. The van der Waals surface area contributed by atoms with E-state index in [1.807, 2.05) is 0 Å². The van der Waals surface area contributed by atoms with Crippen molar-refractivity contribution in [2.24, 2.45) is 5.10 Å². The number of hydrazone groups is 1. The molecule has 0 bridgehead atoms. The summed E-state index contributed by atoms with van der Waals surface area (Å²) >= 11 is 1.35. The van der Waals surface area contributed by atoms with Crippen molar-refractivity contribution in [3.8, 4) is 12.1 Å². The highest BCUT2D eigenvalue weighted by atomic mass is 32.2. The molecule has 1 aromatic rings. The molecule has 0 radical (unpaired) electrons. The van der Waals surface area contributed by atoms with Crippen LogP contribution >= 0.6 is 11.8 Å². The molecule has 0 saturated carbocycles. The summed E-state index contributed by atoms with van der Waals surface area (Å²) in [7, 11) is 0. The molecule has 4 nitrogen and oxygen atoms in total. The number of alkyl halides is 3. The lowest BCUT2D eigenvalue weighted by Crippen LogP contribution is -2.11. The Morgan fingerprint density at radius 2 is 2.00 bits per heavy atom. The first-order chi connectivity index (χ1) is 9.43. The first-order valence-electron chi connectivity index (χ1n) is 5.26. The van der Waals surface area contributed by atoms with E-state index in [0.717, 1.165) is 6.07 Å². The van der Waals surface area contributed by atoms with E-state index >= 15 is 0 Å². The SMILES string of the molecule is CSCc1cccc(C(F)(F)F)c1NN=C(C#N)C#N. The fourth-order valence-corrected chi connectivity index (χ4v) is 1.98. The molecular weight excluding hydrogens is 289 g/mol. The monoisotopic (exact) mass is 298 g/mol. The van der Waals surface area contributed by atoms with Crippen LogP contribution in [0.1, 0.15) is 11.1 Å². The van der Waals surface area contributed by atoms with Gasteiger partial charge < -0.3 is 0 Å². The van der Waals surface area contributed by atoms with Gasteiger partial charge in [0.05, 0.1) is 11.3 Å². The normalized spacial score (nSPS) is 10.3. The van der Waals surface area contributed by atoms with Gasteiger partial charge in [0.15, 0.2) is 0 Å². The van der Waals surface area contributed by atoms with Crippen molar-refractivity contribution in [3.05, 3.63) is 29.3 Å². The van der Waals surface area contributed by atoms with Gasteiger partial charge in [0, 0.05) is 5.75 Å². The molecule has 20 heavy (non-hydrogen) atoms. The van der Waals surface area contributed by atoms with Gasteiger partial charge in [0.1, 0.15) is 12.1 Å². The van der Waals surface area contributed by atoms with Crippen molar-refractivity contribution in [2.75, 3.05) is 11.7 Å². The molecule has 1 aromatic carbocycles. The van der Waals surface area contributed by atoms with Crippen molar-refractivity contribution >= 4 is 23.2 Å². The number of benzene rings is 1. The average molecular weight is 298 g/mol. The Labute approximate surface area is 117 Å². The molecule has 0 fully saturated rings. The number of hydrogen-bond donors (Lipinski definition) is 1. The van der Waals surface area contributed by atoms with Crippen LogP contribution in [0, 0.1) is 22.7 Å². The molecule has 0 amide bonds. The third-order valence-corrected chi connectivity index (χ3v) is 2.85. The van der Waals surface area contributed by atoms with E-state index in [1.165, 1.54) is 36.0 Å². The van der Waals surface area contributed by atoms with Gasteiger partial charge in [-0.3, -0.25) is 5.43 Å². The van der Waals surface area contributed by atoms with Gasteiger partial charge >= 0.3 is 6.18 Å². The van der Waals surface area contributed by atoms with E-state index in [4.69, 9.17) is 10.5 Å². The maximum absolute atomic E-state index is 12.9. The van der Waals surface area contributed by atoms with E-state index in [0.29, 0.717) is 11.3 Å². The Morgan fingerprint density at radius 1 is 1.35 bits per heavy atom. The molecule has 0 spiro atoms. The molecule has 1 N–H and O–H groups in total. The maximum atomic E-state index is 12.9. The van der Waals surface area contributed by atoms with E-state index < -0.39 is 17.5 Å². The fraction of sp³-hybridized carbons (Fsp3) is 0.250. The van der Waals surface area contributed by atoms with Gasteiger partial charge in [-0.25, -0.2) is 0 Å². The zero-order valence-corrected chi connectivity index (χ0v) is 11.1. The minimum atomic E-state index is -4.55. The van der Waals surface area contributed by atoms with E-state index in [9.17, 15) is 13.2 Å². The smallest absolute Gasteiger partial charge is 0.276 e. The minimum absolute atomic E-state index is 0.239. The lowest BCUT2D eigenvalue weighted by atomic mass is 10.1. The predicted molar refractivity (Wildman–Crippen MR) is 70.9 cm³/mol. The lowest BCUT2D eigenvalue weighted by Gasteiger charge is -2.15. The molecule has 0 heterocycles. The molecule has 8 heteroatoms. The summed E-state index contributed by atoms with van der Waals surface area (Å²) < 4.78 is 38.8. The Bertz CT molecular complexity index is 580. The number of halogens is 3. The fourth-order valence-electron chi connectivity index (χ4n) is 1.43. The van der Waals surface area contributed by atoms with Crippen molar-refractivity contribution in [2.45, 2.75) is 11.9 Å². The topological polar surface area (TPSA) is 72.0 Å². The van der Waals surface area contributed by atoms with Crippen LogP contribution in [0.4, 0.5) is 18.9 Å². The average Bonchev–Trinajstić information content (AvgIpc) is 2.40. The van der Waals surface area contributed by atoms with Gasteiger partial charge in [-0.1, -0.05) is 12.1 Å². The largest absolute Gasteiger partial charge is 0.418 e. The van der Waals surface area contributed by atoms with Gasteiger partial charge in [-0.05, 0) is 17.9 Å². The number of nitrogens with zero attached hydrogens (tertiary/aromatic N) is 3. The first kappa shape index (κ1) is 15.9. The van der Waals surface area contributed by atoms with Gasteiger partial charge in [-0.15, -0.1) is 0 Å². The second kappa shape index (κ2) is 6.83. The Morgan fingerprint density at radius 3 is 2.50 bits per heavy atom. The van der Waals surface area contributed by atoms with Crippen LogP contribution in [0.3, 0.4) is 0 Å². The van der Waals surface area contributed by atoms with Crippen LogP contribution in [-0.2, 0) is 11.9 Å². The third kappa shape index (κ3) is 3.90. The zero-order valence-electron chi connectivity index (χ0n) is 10.3. The van der Waals surface area contributed by atoms with Crippen LogP contribution in [0.25, 0.3) is 0 Å². The van der Waals surface area contributed by atoms with Gasteiger partial charge in [-0.2, -0.15) is 40.6 Å². The summed E-state index contributed by atoms with van der Waals surface area (Å²) in [6.07, 6.45) is -2.80. The number of nitrogens with one attached hydrogen (secondary N) is 1. The summed E-state index contributed by atoms with van der Waals surface area (Å²) in [6.45, 7) is 0. The molecule has 0 aromatic heterocycles. The van der Waals surface area contributed by atoms with Crippen LogP contribution in [0.2, 0.25) is 0 Å². The Balaban J connectivity index is 3.30. The van der Waals surface area contributed by atoms with Crippen molar-refractivity contribution in [1.29, 1.82) is 10.5 Å². The highest BCUT2D eigenvalue weighted by Crippen LogP contribution is 2.37. The van der Waals surface area contributed by atoms with Crippen LogP contribution < -0.4 is 5.43 Å². The standard InChI is InChI=1S/C12H9F3N4S/c1-20-7-8-3-2-4-10(12(13,14)15)11(8)19-18-9(5-16)6-17/h2-4,19H,7H2,1H3. The van der Waals surface area contributed by atoms with Gasteiger partial charge in [0.25, 0.3) is 0 Å². The summed E-state index contributed by atoms with van der Waals surface area (Å²) in [5.74, 6) is 0.343. The van der Waals surface area contributed by atoms with Crippen LogP contribution in [-0.4, -0.2) is 12.0 Å². The van der Waals surface area contributed by atoms with Crippen molar-refractivity contribution < 1.29 is 13.2 Å². The van der Waals surface area contributed by atoms with E-state index in [1.54, 1.807) is 6.26 Å². The number of para-hydroxylation sites is 1. The zero-order chi connectivity index (χ0) is 15.2. The summed E-state index contributed by atoms with van der Waals surface area (Å²) in [5.41, 5.74) is 0.910. The summed E-state index contributed by atoms with van der Waals surface area (Å²) in [4.78, 5) is 0. The predicted octanol–water partition coefficient (Wildman–Crippen LogP) is 3.38. The Hall–Kier alpha value is -2.19. The molecule has 0 atom stereocenters. The number of nitriles is 2. The number of thioether (sulfide) groups is 1. The molecule has 0 aliphatic heterocycles. The highest BCUT2D eigenvalue weighted by Gasteiger charge is 2.34. The molecule has 0 unspecified atom stereocenters. The second-order valence-corrected chi connectivity index (χ2v) is 4.43. The second-order valence-electron chi connectivity index (χ2n) is 3.57. The molecule has 0 aliphatic carbocycles. The van der Waals surface area contributed by atoms with E-state index in [-0.39, 0.29) is 5.69 Å². The van der Waals surface area contributed by atoms with Crippen molar-refractivity contribution in [3.63, 3.8) is 0 Å². The molecule has 0 aliphatic rings. The van der Waals surface area contributed by atoms with E-state index in [2.05, 4.69) is 10.5 Å².